The summed E-state index contributed by atoms with van der Waals surface area (Å²) in [5.41, 5.74) is 4.04. The molecule has 1 aromatic heterocycles. The summed E-state index contributed by atoms with van der Waals surface area (Å²) >= 11 is 0. The van der Waals surface area contributed by atoms with Crippen molar-refractivity contribution in [1.82, 2.24) is 19.8 Å². The number of benzene rings is 1. The number of hydrogen-bond acceptors (Lipinski definition) is 7. The van der Waals surface area contributed by atoms with Crippen molar-refractivity contribution in [2.45, 2.75) is 70.4 Å². The lowest BCUT2D eigenvalue weighted by molar-refractivity contribution is 0.281. The van der Waals surface area contributed by atoms with Crippen LogP contribution in [0.5, 0.6) is 5.75 Å². The summed E-state index contributed by atoms with van der Waals surface area (Å²) in [6, 6.07) is 9.04. The normalized spacial score (nSPS) is 20.5. The topological polar surface area (TPSA) is 56.8 Å². The summed E-state index contributed by atoms with van der Waals surface area (Å²) in [4.78, 5) is 17.3. The molecule has 196 valence electrons. The Hall–Kier alpha value is -2.38. The van der Waals surface area contributed by atoms with Crippen LogP contribution in [0.4, 0.5) is 11.8 Å². The van der Waals surface area contributed by atoms with Crippen LogP contribution in [0.1, 0.15) is 61.8 Å². The fourth-order valence-corrected chi connectivity index (χ4v) is 5.82. The molecule has 1 N–H and O–H groups in total. The van der Waals surface area contributed by atoms with Gasteiger partial charge in [0.15, 0.2) is 0 Å². The van der Waals surface area contributed by atoms with Gasteiger partial charge >= 0.3 is 0 Å². The molecular weight excluding hydrogens is 448 g/mol. The van der Waals surface area contributed by atoms with E-state index in [0.29, 0.717) is 6.04 Å². The molecule has 2 fully saturated rings. The van der Waals surface area contributed by atoms with E-state index in [2.05, 4.69) is 58.4 Å². The van der Waals surface area contributed by atoms with Gasteiger partial charge in [-0.2, -0.15) is 4.98 Å². The second-order valence-corrected chi connectivity index (χ2v) is 11.1. The largest absolute Gasteiger partial charge is 0.494 e. The van der Waals surface area contributed by atoms with Crippen LogP contribution < -0.4 is 15.0 Å². The van der Waals surface area contributed by atoms with Crippen LogP contribution in [0, 0.1) is 0 Å². The van der Waals surface area contributed by atoms with Gasteiger partial charge in [0.05, 0.1) is 12.3 Å². The maximum absolute atomic E-state index is 5.89. The molecule has 3 heterocycles. The van der Waals surface area contributed by atoms with E-state index in [0.717, 1.165) is 83.3 Å². The van der Waals surface area contributed by atoms with E-state index < -0.39 is 0 Å². The van der Waals surface area contributed by atoms with E-state index >= 15 is 0 Å². The Morgan fingerprint density at radius 2 is 1.78 bits per heavy atom. The molecule has 2 aromatic rings. The summed E-state index contributed by atoms with van der Waals surface area (Å²) in [7, 11) is 4.19. The fourth-order valence-electron chi connectivity index (χ4n) is 5.82. The van der Waals surface area contributed by atoms with Crippen molar-refractivity contribution in [3.8, 4) is 5.75 Å². The zero-order valence-corrected chi connectivity index (χ0v) is 22.3. The first-order valence-corrected chi connectivity index (χ1v) is 14.1. The van der Waals surface area contributed by atoms with Crippen molar-refractivity contribution in [3.63, 3.8) is 0 Å². The zero-order chi connectivity index (χ0) is 24.7. The number of hydrogen-bond donors (Lipinski definition) is 1. The molecule has 36 heavy (non-hydrogen) atoms. The highest BCUT2D eigenvalue weighted by molar-refractivity contribution is 5.54. The van der Waals surface area contributed by atoms with Crippen molar-refractivity contribution >= 4 is 11.8 Å². The number of rotatable bonds is 10. The van der Waals surface area contributed by atoms with Crippen LogP contribution in [-0.2, 0) is 19.4 Å². The van der Waals surface area contributed by atoms with Crippen molar-refractivity contribution in [2.24, 2.45) is 0 Å². The van der Waals surface area contributed by atoms with Gasteiger partial charge in [0.2, 0.25) is 5.95 Å². The third-order valence-corrected chi connectivity index (χ3v) is 7.77. The number of likely N-dealkylation sites (tertiary alicyclic amines) is 1. The predicted molar refractivity (Wildman–Crippen MR) is 147 cm³/mol. The molecular formula is C29H44N6O. The highest BCUT2D eigenvalue weighted by Gasteiger charge is 2.27. The minimum atomic E-state index is 0.403. The molecule has 1 unspecified atom stereocenters. The molecule has 3 aliphatic rings. The molecule has 2 saturated heterocycles. The fraction of sp³-hybridized carbons (Fsp3) is 0.655. The number of nitrogens with one attached hydrogen (secondary N) is 1. The zero-order valence-electron chi connectivity index (χ0n) is 22.3. The van der Waals surface area contributed by atoms with Gasteiger partial charge < -0.3 is 19.9 Å². The third-order valence-electron chi connectivity index (χ3n) is 7.77. The highest BCUT2D eigenvalue weighted by Crippen LogP contribution is 2.32. The maximum atomic E-state index is 5.89. The first-order valence-electron chi connectivity index (χ1n) is 14.1. The van der Waals surface area contributed by atoms with E-state index in [1.807, 2.05) is 0 Å². The lowest BCUT2D eigenvalue weighted by Gasteiger charge is -2.25. The first-order chi connectivity index (χ1) is 17.6. The Balaban J connectivity index is 1.14. The van der Waals surface area contributed by atoms with E-state index in [1.54, 1.807) is 0 Å². The lowest BCUT2D eigenvalue weighted by atomic mass is 10.2. The smallest absolute Gasteiger partial charge is 0.225 e. The SMILES string of the molecule is CN(C)CCCOc1ccc(CN2CCC(Nc3nc4c(c(N5CCCCCC5)n3)CCC4)C2)cc1. The minimum Gasteiger partial charge on any atom is -0.494 e. The number of ether oxygens (including phenoxy) is 1. The number of aromatic nitrogens is 2. The average Bonchev–Trinajstić information content (AvgIpc) is 3.43. The van der Waals surface area contributed by atoms with Crippen molar-refractivity contribution in [1.29, 1.82) is 0 Å². The highest BCUT2D eigenvalue weighted by atomic mass is 16.5. The molecule has 0 saturated carbocycles. The third kappa shape index (κ3) is 6.68. The second-order valence-electron chi connectivity index (χ2n) is 11.1. The molecule has 0 bridgehead atoms. The molecule has 1 aliphatic carbocycles. The number of aryl methyl sites for hydroxylation is 1. The molecule has 0 amide bonds. The number of fused-ring (bicyclic) bond motifs is 1. The molecule has 7 heteroatoms. The summed E-state index contributed by atoms with van der Waals surface area (Å²) in [5.74, 6) is 3.03. The van der Waals surface area contributed by atoms with Crippen LogP contribution in [0.25, 0.3) is 0 Å². The predicted octanol–water partition coefficient (Wildman–Crippen LogP) is 4.36. The van der Waals surface area contributed by atoms with E-state index in [9.17, 15) is 0 Å². The van der Waals surface area contributed by atoms with Gasteiger partial charge in [-0.1, -0.05) is 25.0 Å². The molecule has 1 aromatic carbocycles. The van der Waals surface area contributed by atoms with E-state index in [1.165, 1.54) is 54.7 Å². The Morgan fingerprint density at radius 1 is 0.972 bits per heavy atom. The minimum absolute atomic E-state index is 0.403. The Bertz CT molecular complexity index is 970. The standard InChI is InChI=1S/C29H44N6O/c1-33(2)16-8-20-36-25-13-11-23(12-14-25)21-34-19-15-24(22-34)30-29-31-27-10-7-9-26(27)28(32-29)35-17-5-3-4-6-18-35/h11-14,24H,3-10,15-22H2,1-2H3,(H,30,31,32). The molecule has 1 atom stereocenters. The van der Waals surface area contributed by atoms with E-state index in [4.69, 9.17) is 14.7 Å². The molecule has 0 spiro atoms. The van der Waals surface area contributed by atoms with Gasteiger partial charge in [0.25, 0.3) is 0 Å². The average molecular weight is 493 g/mol. The van der Waals surface area contributed by atoms with Crippen LogP contribution in [0.2, 0.25) is 0 Å². The van der Waals surface area contributed by atoms with E-state index in [-0.39, 0.29) is 0 Å². The van der Waals surface area contributed by atoms with Gasteiger partial charge in [-0.05, 0) is 76.7 Å². The molecule has 7 nitrogen and oxygen atoms in total. The van der Waals surface area contributed by atoms with Gasteiger partial charge in [-0.25, -0.2) is 4.98 Å². The maximum Gasteiger partial charge on any atom is 0.225 e. The molecule has 5 rings (SSSR count). The molecule has 0 radical (unpaired) electrons. The molecule has 2 aliphatic heterocycles. The van der Waals surface area contributed by atoms with Gasteiger partial charge in [0.1, 0.15) is 11.6 Å². The Kier molecular flexibility index (Phi) is 8.59. The first kappa shape index (κ1) is 25.3. The van der Waals surface area contributed by atoms with Crippen LogP contribution in [0.15, 0.2) is 24.3 Å². The quantitative estimate of drug-likeness (QED) is 0.495. The number of nitrogens with zero attached hydrogens (tertiary/aromatic N) is 5. The van der Waals surface area contributed by atoms with Crippen LogP contribution in [-0.4, -0.2) is 79.2 Å². The van der Waals surface area contributed by atoms with Gasteiger partial charge in [0, 0.05) is 50.9 Å². The Labute approximate surface area is 217 Å². The van der Waals surface area contributed by atoms with Gasteiger partial charge in [-0.15, -0.1) is 0 Å². The summed E-state index contributed by atoms with van der Waals surface area (Å²) in [6.07, 6.45) is 10.9. The number of anilines is 2. The van der Waals surface area contributed by atoms with Crippen molar-refractivity contribution in [2.75, 3.05) is 63.6 Å². The van der Waals surface area contributed by atoms with Gasteiger partial charge in [-0.3, -0.25) is 4.90 Å². The van der Waals surface area contributed by atoms with Crippen LogP contribution >= 0.6 is 0 Å². The lowest BCUT2D eigenvalue weighted by Crippen LogP contribution is -2.29. The summed E-state index contributed by atoms with van der Waals surface area (Å²) in [5, 5.41) is 3.71. The van der Waals surface area contributed by atoms with Crippen molar-refractivity contribution < 1.29 is 4.74 Å². The monoisotopic (exact) mass is 492 g/mol. The van der Waals surface area contributed by atoms with Crippen molar-refractivity contribution in [3.05, 3.63) is 41.1 Å². The second kappa shape index (κ2) is 12.2. The summed E-state index contributed by atoms with van der Waals surface area (Å²) in [6.45, 7) is 7.20. The van der Waals surface area contributed by atoms with Crippen LogP contribution in [0.3, 0.4) is 0 Å². The summed E-state index contributed by atoms with van der Waals surface area (Å²) < 4.78 is 5.89. The Morgan fingerprint density at radius 3 is 2.56 bits per heavy atom.